The number of hydrogen-bond donors (Lipinski definition) is 1. The predicted molar refractivity (Wildman–Crippen MR) is 98.0 cm³/mol. The van der Waals surface area contributed by atoms with E-state index in [9.17, 15) is 19.2 Å². The fourth-order valence-electron chi connectivity index (χ4n) is 2.67. The van der Waals surface area contributed by atoms with E-state index in [1.807, 2.05) is 6.26 Å². The van der Waals surface area contributed by atoms with Gasteiger partial charge < -0.3 is 10.1 Å². The first-order chi connectivity index (χ1) is 12.4. The number of benzene rings is 1. The Labute approximate surface area is 156 Å². The second-order valence-electron chi connectivity index (χ2n) is 6.15. The average molecular weight is 378 g/mol. The third-order valence-corrected chi connectivity index (χ3v) is 4.44. The van der Waals surface area contributed by atoms with E-state index < -0.39 is 36.3 Å². The van der Waals surface area contributed by atoms with Crippen LogP contribution in [0.5, 0.6) is 0 Å². The molecule has 0 fully saturated rings. The van der Waals surface area contributed by atoms with Gasteiger partial charge in [0.15, 0.2) is 6.61 Å². The molecule has 1 aromatic carbocycles. The number of nitrogens with zero attached hydrogens (tertiary/aromatic N) is 1. The van der Waals surface area contributed by atoms with E-state index in [-0.39, 0.29) is 23.6 Å². The number of thioether (sulfide) groups is 1. The van der Waals surface area contributed by atoms with Crippen LogP contribution >= 0.6 is 11.8 Å². The highest BCUT2D eigenvalue weighted by Crippen LogP contribution is 2.26. The van der Waals surface area contributed by atoms with Crippen molar-refractivity contribution in [1.29, 1.82) is 0 Å². The lowest BCUT2D eigenvalue weighted by Crippen LogP contribution is -2.47. The van der Waals surface area contributed by atoms with Crippen LogP contribution in [0.25, 0.3) is 0 Å². The lowest BCUT2D eigenvalue weighted by atomic mass is 10.1. The van der Waals surface area contributed by atoms with Crippen molar-refractivity contribution in [2.45, 2.75) is 32.4 Å². The van der Waals surface area contributed by atoms with Crippen LogP contribution in [-0.4, -0.2) is 59.3 Å². The Kier molecular flexibility index (Phi) is 6.79. The molecule has 1 aliphatic rings. The molecule has 3 amide bonds. The van der Waals surface area contributed by atoms with Crippen molar-refractivity contribution in [2.24, 2.45) is 0 Å². The summed E-state index contributed by atoms with van der Waals surface area (Å²) in [6.07, 6.45) is 2.12. The zero-order valence-electron chi connectivity index (χ0n) is 15.0. The van der Waals surface area contributed by atoms with Crippen LogP contribution in [0.4, 0.5) is 0 Å². The summed E-state index contributed by atoms with van der Waals surface area (Å²) >= 11 is 1.49. The van der Waals surface area contributed by atoms with E-state index in [1.54, 1.807) is 38.1 Å². The van der Waals surface area contributed by atoms with Gasteiger partial charge in [-0.3, -0.25) is 19.3 Å². The molecule has 2 rings (SSSR count). The molecular formula is C18H22N2O5S. The Balaban J connectivity index is 2.15. The average Bonchev–Trinajstić information content (AvgIpc) is 2.85. The summed E-state index contributed by atoms with van der Waals surface area (Å²) in [4.78, 5) is 50.4. The van der Waals surface area contributed by atoms with Crippen LogP contribution in [0.15, 0.2) is 24.3 Å². The van der Waals surface area contributed by atoms with E-state index in [0.717, 1.165) is 4.90 Å². The van der Waals surface area contributed by atoms with Crippen molar-refractivity contribution < 1.29 is 23.9 Å². The zero-order valence-corrected chi connectivity index (χ0v) is 15.8. The van der Waals surface area contributed by atoms with Gasteiger partial charge >= 0.3 is 5.97 Å². The maximum absolute atomic E-state index is 12.6. The molecule has 7 nitrogen and oxygen atoms in total. The van der Waals surface area contributed by atoms with Crippen molar-refractivity contribution >= 4 is 35.5 Å². The summed E-state index contributed by atoms with van der Waals surface area (Å²) < 4.78 is 5.07. The summed E-state index contributed by atoms with van der Waals surface area (Å²) in [5, 5.41) is 2.61. The Hall–Kier alpha value is -2.35. The predicted octanol–water partition coefficient (Wildman–Crippen LogP) is 1.47. The molecule has 1 aromatic rings. The third kappa shape index (κ3) is 4.43. The molecule has 1 N–H and O–H groups in total. The van der Waals surface area contributed by atoms with Crippen molar-refractivity contribution in [3.8, 4) is 0 Å². The highest BCUT2D eigenvalue weighted by atomic mass is 32.2. The van der Waals surface area contributed by atoms with Gasteiger partial charge in [0, 0.05) is 6.04 Å². The lowest BCUT2D eigenvalue weighted by Gasteiger charge is -2.24. The zero-order chi connectivity index (χ0) is 19.3. The first-order valence-corrected chi connectivity index (χ1v) is 9.68. The molecule has 0 bridgehead atoms. The van der Waals surface area contributed by atoms with Crippen molar-refractivity contribution in [3.63, 3.8) is 0 Å². The van der Waals surface area contributed by atoms with E-state index in [1.165, 1.54) is 11.8 Å². The fraction of sp³-hybridized carbons (Fsp3) is 0.444. The smallest absolute Gasteiger partial charge is 0.329 e. The van der Waals surface area contributed by atoms with Crippen LogP contribution in [0, 0.1) is 0 Å². The maximum Gasteiger partial charge on any atom is 0.329 e. The van der Waals surface area contributed by atoms with Gasteiger partial charge in [-0.1, -0.05) is 12.1 Å². The van der Waals surface area contributed by atoms with Gasteiger partial charge in [0.25, 0.3) is 17.7 Å². The molecule has 0 spiro atoms. The normalized spacial score (nSPS) is 14.4. The molecule has 0 saturated heterocycles. The second-order valence-corrected chi connectivity index (χ2v) is 7.14. The van der Waals surface area contributed by atoms with Crippen LogP contribution < -0.4 is 5.32 Å². The SMILES string of the molecule is CSCC[C@H](C(=O)OCC(=O)NC(C)C)N1C(=O)c2ccccc2C1=O. The highest BCUT2D eigenvalue weighted by Gasteiger charge is 2.43. The summed E-state index contributed by atoms with van der Waals surface area (Å²) in [6, 6.07) is 5.31. The summed E-state index contributed by atoms with van der Waals surface area (Å²) in [5.74, 6) is -1.65. The van der Waals surface area contributed by atoms with Crippen LogP contribution in [0.1, 0.15) is 41.0 Å². The van der Waals surface area contributed by atoms with Crippen molar-refractivity contribution in [2.75, 3.05) is 18.6 Å². The molecule has 26 heavy (non-hydrogen) atoms. The number of esters is 1. The number of imide groups is 1. The van der Waals surface area contributed by atoms with E-state index in [4.69, 9.17) is 4.74 Å². The van der Waals surface area contributed by atoms with E-state index in [2.05, 4.69) is 5.32 Å². The molecule has 0 saturated carbocycles. The minimum atomic E-state index is -1.05. The van der Waals surface area contributed by atoms with Gasteiger partial charge in [0.2, 0.25) is 0 Å². The molecule has 1 atom stereocenters. The molecule has 1 heterocycles. The fourth-order valence-corrected chi connectivity index (χ4v) is 3.13. The Bertz CT molecular complexity index is 684. The Morgan fingerprint density at radius 3 is 2.23 bits per heavy atom. The number of fused-ring (bicyclic) bond motifs is 1. The van der Waals surface area contributed by atoms with Gasteiger partial charge in [0.05, 0.1) is 11.1 Å². The second kappa shape index (κ2) is 8.84. The van der Waals surface area contributed by atoms with Gasteiger partial charge in [-0.15, -0.1) is 0 Å². The summed E-state index contributed by atoms with van der Waals surface area (Å²) in [5.41, 5.74) is 0.550. The molecule has 140 valence electrons. The minimum Gasteiger partial charge on any atom is -0.454 e. The third-order valence-electron chi connectivity index (χ3n) is 3.80. The van der Waals surface area contributed by atoms with Gasteiger partial charge in [0.1, 0.15) is 6.04 Å². The molecule has 1 aliphatic heterocycles. The number of ether oxygens (including phenoxy) is 1. The first-order valence-electron chi connectivity index (χ1n) is 8.28. The number of nitrogens with one attached hydrogen (secondary N) is 1. The van der Waals surface area contributed by atoms with Crippen LogP contribution in [0.2, 0.25) is 0 Å². The largest absolute Gasteiger partial charge is 0.454 e. The molecule has 0 aromatic heterocycles. The molecule has 0 radical (unpaired) electrons. The highest BCUT2D eigenvalue weighted by molar-refractivity contribution is 7.98. The number of rotatable bonds is 8. The van der Waals surface area contributed by atoms with Crippen LogP contribution in [-0.2, 0) is 14.3 Å². The van der Waals surface area contributed by atoms with Crippen molar-refractivity contribution in [1.82, 2.24) is 10.2 Å². The lowest BCUT2D eigenvalue weighted by molar-refractivity contribution is -0.152. The number of carbonyl (C=O) groups excluding carboxylic acids is 4. The number of carbonyl (C=O) groups is 4. The number of amides is 3. The first kappa shape index (κ1) is 20.0. The topological polar surface area (TPSA) is 92.8 Å². The van der Waals surface area contributed by atoms with Crippen LogP contribution in [0.3, 0.4) is 0 Å². The molecular weight excluding hydrogens is 356 g/mol. The number of hydrogen-bond acceptors (Lipinski definition) is 6. The van der Waals surface area contributed by atoms with Gasteiger partial charge in [-0.25, -0.2) is 4.79 Å². The Morgan fingerprint density at radius 1 is 1.15 bits per heavy atom. The molecule has 0 aliphatic carbocycles. The van der Waals surface area contributed by atoms with Gasteiger partial charge in [-0.05, 0) is 44.4 Å². The van der Waals surface area contributed by atoms with E-state index >= 15 is 0 Å². The summed E-state index contributed by atoms with van der Waals surface area (Å²) in [6.45, 7) is 3.13. The monoisotopic (exact) mass is 378 g/mol. The molecule has 8 heteroatoms. The Morgan fingerprint density at radius 2 is 1.73 bits per heavy atom. The standard InChI is InChI=1S/C18H22N2O5S/c1-11(2)19-15(21)10-25-18(24)14(8-9-26-3)20-16(22)12-6-4-5-7-13(12)17(20)23/h4-7,11,14H,8-10H2,1-3H3,(H,19,21)/t14-/m1/s1. The quantitative estimate of drug-likeness (QED) is 0.544. The maximum atomic E-state index is 12.6. The molecule has 0 unspecified atom stereocenters. The minimum absolute atomic E-state index is 0.0790. The van der Waals surface area contributed by atoms with Gasteiger partial charge in [-0.2, -0.15) is 11.8 Å². The van der Waals surface area contributed by atoms with E-state index in [0.29, 0.717) is 5.75 Å². The summed E-state index contributed by atoms with van der Waals surface area (Å²) in [7, 11) is 0. The van der Waals surface area contributed by atoms with Crippen molar-refractivity contribution in [3.05, 3.63) is 35.4 Å².